The van der Waals surface area contributed by atoms with Gasteiger partial charge in [-0.25, -0.2) is 0 Å². The Balaban J connectivity index is 4.65. The van der Waals surface area contributed by atoms with E-state index in [1.165, 1.54) is 116 Å². The predicted octanol–water partition coefficient (Wildman–Crippen LogP) is 15.4. The first kappa shape index (κ1) is 57.6. The minimum atomic E-state index is -1.20. The van der Waals surface area contributed by atoms with Crippen LogP contribution in [0.3, 0.4) is 0 Å². The van der Waals surface area contributed by atoms with Gasteiger partial charge in [0, 0.05) is 19.3 Å². The maximum Gasteiger partial charge on any atom is 0.305 e. The zero-order valence-electron chi connectivity index (χ0n) is 39.6. The van der Waals surface area contributed by atoms with Crippen LogP contribution in [-0.2, 0) is 28.6 Å². The van der Waals surface area contributed by atoms with Gasteiger partial charge < -0.3 is 19.3 Å². The summed E-state index contributed by atoms with van der Waals surface area (Å²) in [7, 11) is 0. The number of aliphatic hydroxyl groups excluding tert-OH is 1. The second kappa shape index (κ2) is 46.1. The number of ether oxygens (including phenoxy) is 3. The molecule has 0 aliphatic heterocycles. The lowest BCUT2D eigenvalue weighted by Crippen LogP contribution is -2.42. The highest BCUT2D eigenvalue weighted by molar-refractivity contribution is 5.70. The van der Waals surface area contributed by atoms with Gasteiger partial charge in [0.1, 0.15) is 19.8 Å². The monoisotopic (exact) mass is 845 g/mol. The normalized spacial score (nSPS) is 12.0. The number of hydrogen-bond acceptors (Lipinski definition) is 7. The Morgan fingerprint density at radius 2 is 0.567 bits per heavy atom. The minimum absolute atomic E-state index is 0.173. The molecule has 7 nitrogen and oxygen atoms in total. The number of carbonyl (C=O) groups is 3. The number of esters is 3. The summed E-state index contributed by atoms with van der Waals surface area (Å²) in [6, 6.07) is 0. The molecule has 0 aromatic heterocycles. The molecule has 0 unspecified atom stereocenters. The van der Waals surface area contributed by atoms with Gasteiger partial charge in [-0.15, -0.1) is 0 Å². The summed E-state index contributed by atoms with van der Waals surface area (Å²) in [6.07, 6.45) is 52.6. The number of rotatable bonds is 46. The first-order valence-corrected chi connectivity index (χ1v) is 25.5. The van der Waals surface area contributed by atoms with Gasteiger partial charge >= 0.3 is 17.9 Å². The Morgan fingerprint density at radius 3 is 0.800 bits per heavy atom. The fraction of sp³-hybridized carbons (Fsp3) is 0.830. The van der Waals surface area contributed by atoms with Crippen LogP contribution in [0.1, 0.15) is 252 Å². The summed E-state index contributed by atoms with van der Waals surface area (Å²) in [5.41, 5.74) is -1.20. The Kier molecular flexibility index (Phi) is 44.2. The smallest absolute Gasteiger partial charge is 0.305 e. The van der Waals surface area contributed by atoms with Crippen LogP contribution in [0.25, 0.3) is 0 Å². The van der Waals surface area contributed by atoms with Crippen LogP contribution in [0.5, 0.6) is 0 Å². The topological polar surface area (TPSA) is 99.1 Å². The van der Waals surface area contributed by atoms with E-state index >= 15 is 0 Å². The first-order valence-electron chi connectivity index (χ1n) is 25.5. The molecule has 0 fully saturated rings. The zero-order chi connectivity index (χ0) is 43.9. The van der Waals surface area contributed by atoms with Crippen LogP contribution in [0.2, 0.25) is 0 Å². The van der Waals surface area contributed by atoms with Crippen molar-refractivity contribution in [3.63, 3.8) is 0 Å². The third kappa shape index (κ3) is 41.0. The highest BCUT2D eigenvalue weighted by Crippen LogP contribution is 2.22. The Labute approximate surface area is 370 Å². The van der Waals surface area contributed by atoms with E-state index in [0.29, 0.717) is 19.3 Å². The SMILES string of the molecule is CCCCCC/C=C\CCCCCCCC(=O)OCC(CO)(COC(=O)CCCCCCC/C=C\CCCCCC)COC(=O)CCCCCCC/C=C\CCCCCC. The third-order valence-corrected chi connectivity index (χ3v) is 11.4. The second-order valence-electron chi connectivity index (χ2n) is 17.5. The standard InChI is InChI=1S/C53H96O7/c1-4-7-10-13-16-19-22-25-28-31-34-37-40-43-50(55)58-47-53(46-54,48-59-51(56)44-41-38-35-32-29-26-23-20-17-14-11-8-5-2)49-60-52(57)45-42-39-36-33-30-27-24-21-18-15-12-9-6-3/h19-24,54H,4-18,25-49H2,1-3H3/b22-19-,23-20-,24-21-. The molecule has 0 aliphatic carbocycles. The highest BCUT2D eigenvalue weighted by atomic mass is 16.6. The Morgan fingerprint density at radius 1 is 0.350 bits per heavy atom. The number of allylic oxidation sites excluding steroid dienone is 6. The summed E-state index contributed by atoms with van der Waals surface area (Å²) in [5, 5.41) is 10.5. The fourth-order valence-electron chi connectivity index (χ4n) is 7.14. The van der Waals surface area contributed by atoms with Crippen molar-refractivity contribution in [1.82, 2.24) is 0 Å². The van der Waals surface area contributed by atoms with Gasteiger partial charge in [0.15, 0.2) is 0 Å². The second-order valence-corrected chi connectivity index (χ2v) is 17.5. The lowest BCUT2D eigenvalue weighted by Gasteiger charge is -2.30. The molecule has 0 amide bonds. The van der Waals surface area contributed by atoms with Crippen molar-refractivity contribution in [3.05, 3.63) is 36.5 Å². The average molecular weight is 845 g/mol. The molecule has 60 heavy (non-hydrogen) atoms. The van der Waals surface area contributed by atoms with E-state index in [-0.39, 0.29) is 37.7 Å². The lowest BCUT2D eigenvalue weighted by atomic mass is 9.92. The van der Waals surface area contributed by atoms with Crippen LogP contribution >= 0.6 is 0 Å². The van der Waals surface area contributed by atoms with Crippen molar-refractivity contribution in [3.8, 4) is 0 Å². The molecule has 350 valence electrons. The van der Waals surface area contributed by atoms with Gasteiger partial charge in [-0.2, -0.15) is 0 Å². The van der Waals surface area contributed by atoms with Crippen LogP contribution in [0, 0.1) is 5.41 Å². The number of aliphatic hydroxyl groups is 1. The van der Waals surface area contributed by atoms with E-state index in [4.69, 9.17) is 14.2 Å². The summed E-state index contributed by atoms with van der Waals surface area (Å²) in [4.78, 5) is 38.2. The molecule has 0 saturated heterocycles. The van der Waals surface area contributed by atoms with Crippen molar-refractivity contribution in [2.75, 3.05) is 26.4 Å². The zero-order valence-corrected chi connectivity index (χ0v) is 39.6. The first-order chi connectivity index (χ1) is 29.4. The third-order valence-electron chi connectivity index (χ3n) is 11.4. The van der Waals surface area contributed by atoms with Crippen LogP contribution < -0.4 is 0 Å². The average Bonchev–Trinajstić information content (AvgIpc) is 3.25. The van der Waals surface area contributed by atoms with Gasteiger partial charge in [-0.3, -0.25) is 14.4 Å². The van der Waals surface area contributed by atoms with Gasteiger partial charge in [0.05, 0.1) is 12.0 Å². The predicted molar refractivity (Wildman–Crippen MR) is 253 cm³/mol. The quantitative estimate of drug-likeness (QED) is 0.0282. The van der Waals surface area contributed by atoms with E-state index in [2.05, 4.69) is 57.2 Å². The van der Waals surface area contributed by atoms with E-state index in [9.17, 15) is 19.5 Å². The maximum absolute atomic E-state index is 12.7. The van der Waals surface area contributed by atoms with Crippen LogP contribution in [-0.4, -0.2) is 49.4 Å². The molecular formula is C53H96O7. The van der Waals surface area contributed by atoms with E-state index in [0.717, 1.165) is 96.3 Å². The van der Waals surface area contributed by atoms with Crippen molar-refractivity contribution in [1.29, 1.82) is 0 Å². The van der Waals surface area contributed by atoms with Gasteiger partial charge in [0.25, 0.3) is 0 Å². The fourth-order valence-corrected chi connectivity index (χ4v) is 7.14. The van der Waals surface area contributed by atoms with Crippen molar-refractivity contribution < 1.29 is 33.7 Å². The molecule has 0 bridgehead atoms. The molecule has 0 spiro atoms. The molecule has 0 saturated carbocycles. The number of hydrogen-bond donors (Lipinski definition) is 1. The molecule has 0 aromatic rings. The molecule has 7 heteroatoms. The van der Waals surface area contributed by atoms with Crippen LogP contribution in [0.4, 0.5) is 0 Å². The molecule has 0 radical (unpaired) electrons. The Bertz CT molecular complexity index is 921. The molecule has 1 N–H and O–H groups in total. The van der Waals surface area contributed by atoms with Gasteiger partial charge in [0.2, 0.25) is 0 Å². The van der Waals surface area contributed by atoms with Gasteiger partial charge in [-0.1, -0.05) is 173 Å². The molecule has 0 aliphatic rings. The highest BCUT2D eigenvalue weighted by Gasteiger charge is 2.35. The molecular weight excluding hydrogens is 749 g/mol. The molecule has 0 aromatic carbocycles. The van der Waals surface area contributed by atoms with Crippen LogP contribution in [0.15, 0.2) is 36.5 Å². The molecule has 0 heterocycles. The maximum atomic E-state index is 12.7. The van der Waals surface area contributed by atoms with Crippen molar-refractivity contribution in [2.24, 2.45) is 5.41 Å². The summed E-state index contributed by atoms with van der Waals surface area (Å²) < 4.78 is 16.9. The van der Waals surface area contributed by atoms with Gasteiger partial charge in [-0.05, 0) is 96.3 Å². The summed E-state index contributed by atoms with van der Waals surface area (Å²) in [6.45, 7) is 5.77. The van der Waals surface area contributed by atoms with E-state index in [1.807, 2.05) is 0 Å². The Hall–Kier alpha value is -2.41. The summed E-state index contributed by atoms with van der Waals surface area (Å²) in [5.74, 6) is -1.04. The van der Waals surface area contributed by atoms with Crippen molar-refractivity contribution >= 4 is 17.9 Å². The number of carbonyl (C=O) groups excluding carboxylic acids is 3. The van der Waals surface area contributed by atoms with E-state index < -0.39 is 12.0 Å². The van der Waals surface area contributed by atoms with E-state index in [1.54, 1.807) is 0 Å². The van der Waals surface area contributed by atoms with Crippen molar-refractivity contribution in [2.45, 2.75) is 252 Å². The molecule has 0 atom stereocenters. The number of unbranched alkanes of at least 4 members (excludes halogenated alkanes) is 27. The summed E-state index contributed by atoms with van der Waals surface area (Å²) >= 11 is 0. The molecule has 0 rings (SSSR count). The lowest BCUT2D eigenvalue weighted by molar-refractivity contribution is -0.165. The largest absolute Gasteiger partial charge is 0.465 e. The minimum Gasteiger partial charge on any atom is -0.465 e.